The zero-order valence-electron chi connectivity index (χ0n) is 9.89. The fourth-order valence-corrected chi connectivity index (χ4v) is 2.33. The van der Waals surface area contributed by atoms with Crippen LogP contribution in [0.15, 0.2) is 29.2 Å². The first kappa shape index (κ1) is 12.5. The zero-order chi connectivity index (χ0) is 12.5. The highest BCUT2D eigenvalue weighted by atomic mass is 32.1. The summed E-state index contributed by atoms with van der Waals surface area (Å²) in [6.07, 6.45) is 1.61. The van der Waals surface area contributed by atoms with Gasteiger partial charge in [-0.15, -0.1) is 12.6 Å². The molecule has 1 aromatic carbocycles. The SMILES string of the molecule is CC1(O)CCCN(C(=O)c2ccc(S)cc2)C1. The number of hydrogen-bond donors (Lipinski definition) is 2. The Morgan fingerprint density at radius 3 is 2.65 bits per heavy atom. The fourth-order valence-electron chi connectivity index (χ4n) is 2.18. The molecule has 1 aromatic rings. The van der Waals surface area contributed by atoms with E-state index in [0.29, 0.717) is 12.1 Å². The van der Waals surface area contributed by atoms with Crippen LogP contribution >= 0.6 is 12.6 Å². The van der Waals surface area contributed by atoms with Gasteiger partial charge in [0, 0.05) is 23.5 Å². The number of carbonyl (C=O) groups excluding carboxylic acids is 1. The van der Waals surface area contributed by atoms with E-state index in [1.165, 1.54) is 0 Å². The van der Waals surface area contributed by atoms with E-state index in [0.717, 1.165) is 24.3 Å². The number of aliphatic hydroxyl groups is 1. The highest BCUT2D eigenvalue weighted by Crippen LogP contribution is 2.22. The minimum absolute atomic E-state index is 0.0155. The van der Waals surface area contributed by atoms with Gasteiger partial charge in [-0.3, -0.25) is 4.79 Å². The van der Waals surface area contributed by atoms with Gasteiger partial charge in [0.2, 0.25) is 0 Å². The van der Waals surface area contributed by atoms with Gasteiger partial charge in [0.25, 0.3) is 5.91 Å². The molecule has 0 radical (unpaired) electrons. The second-order valence-corrected chi connectivity index (χ2v) is 5.39. The first-order valence-electron chi connectivity index (χ1n) is 5.79. The van der Waals surface area contributed by atoms with E-state index < -0.39 is 5.60 Å². The quantitative estimate of drug-likeness (QED) is 0.749. The van der Waals surface area contributed by atoms with Gasteiger partial charge in [-0.05, 0) is 44.0 Å². The third-order valence-electron chi connectivity index (χ3n) is 3.08. The Kier molecular flexibility index (Phi) is 3.45. The van der Waals surface area contributed by atoms with Crippen molar-refractivity contribution in [3.05, 3.63) is 29.8 Å². The van der Waals surface area contributed by atoms with Crippen molar-refractivity contribution in [3.8, 4) is 0 Å². The smallest absolute Gasteiger partial charge is 0.253 e. The molecule has 1 atom stereocenters. The molecule has 2 rings (SSSR count). The van der Waals surface area contributed by atoms with Gasteiger partial charge in [0.05, 0.1) is 5.60 Å². The monoisotopic (exact) mass is 251 g/mol. The molecule has 3 nitrogen and oxygen atoms in total. The van der Waals surface area contributed by atoms with Crippen LogP contribution in [0.4, 0.5) is 0 Å². The fraction of sp³-hybridized carbons (Fsp3) is 0.462. The average Bonchev–Trinajstić information content (AvgIpc) is 2.28. The summed E-state index contributed by atoms with van der Waals surface area (Å²) in [4.78, 5) is 14.7. The molecule has 1 unspecified atom stereocenters. The third-order valence-corrected chi connectivity index (χ3v) is 3.37. The van der Waals surface area contributed by atoms with Crippen molar-refractivity contribution in [3.63, 3.8) is 0 Å². The molecule has 0 aliphatic carbocycles. The number of thiol groups is 1. The van der Waals surface area contributed by atoms with Crippen LogP contribution in [0.2, 0.25) is 0 Å². The predicted molar refractivity (Wildman–Crippen MR) is 69.5 cm³/mol. The van der Waals surface area contributed by atoms with Gasteiger partial charge >= 0.3 is 0 Å². The van der Waals surface area contributed by atoms with Crippen molar-refractivity contribution in [2.75, 3.05) is 13.1 Å². The number of likely N-dealkylation sites (tertiary alicyclic amines) is 1. The van der Waals surface area contributed by atoms with E-state index >= 15 is 0 Å². The number of piperidine rings is 1. The summed E-state index contributed by atoms with van der Waals surface area (Å²) in [5, 5.41) is 9.98. The third kappa shape index (κ3) is 3.01. The molecule has 0 aromatic heterocycles. The summed E-state index contributed by atoms with van der Waals surface area (Å²) >= 11 is 4.19. The largest absolute Gasteiger partial charge is 0.388 e. The highest BCUT2D eigenvalue weighted by molar-refractivity contribution is 7.80. The number of hydrogen-bond acceptors (Lipinski definition) is 3. The maximum absolute atomic E-state index is 12.2. The van der Waals surface area contributed by atoms with E-state index in [-0.39, 0.29) is 5.91 Å². The number of benzene rings is 1. The van der Waals surface area contributed by atoms with Crippen LogP contribution in [0.25, 0.3) is 0 Å². The molecule has 1 aliphatic rings. The van der Waals surface area contributed by atoms with E-state index in [1.807, 2.05) is 0 Å². The Labute approximate surface area is 107 Å². The highest BCUT2D eigenvalue weighted by Gasteiger charge is 2.31. The van der Waals surface area contributed by atoms with Crippen LogP contribution in [0.1, 0.15) is 30.1 Å². The zero-order valence-corrected chi connectivity index (χ0v) is 10.8. The summed E-state index contributed by atoms with van der Waals surface area (Å²) in [7, 11) is 0. The predicted octanol–water partition coefficient (Wildman–Crippen LogP) is 1.96. The van der Waals surface area contributed by atoms with E-state index in [4.69, 9.17) is 0 Å². The molecule has 17 heavy (non-hydrogen) atoms. The molecule has 0 spiro atoms. The molecule has 1 fully saturated rings. The van der Waals surface area contributed by atoms with Crippen molar-refractivity contribution >= 4 is 18.5 Å². The summed E-state index contributed by atoms with van der Waals surface area (Å²) < 4.78 is 0. The maximum Gasteiger partial charge on any atom is 0.253 e. The standard InChI is InChI=1S/C13H17NO2S/c1-13(16)7-2-8-14(9-13)12(15)10-3-5-11(17)6-4-10/h3-6,16-17H,2,7-9H2,1H3. The summed E-state index contributed by atoms with van der Waals surface area (Å²) in [5.74, 6) is -0.0155. The van der Waals surface area contributed by atoms with Crippen LogP contribution < -0.4 is 0 Å². The molecular weight excluding hydrogens is 234 g/mol. The average molecular weight is 251 g/mol. The Morgan fingerprint density at radius 2 is 2.06 bits per heavy atom. The molecule has 1 aliphatic heterocycles. The first-order chi connectivity index (χ1) is 7.98. The second kappa shape index (κ2) is 4.70. The number of carbonyl (C=O) groups is 1. The normalized spacial score (nSPS) is 24.8. The topological polar surface area (TPSA) is 40.5 Å². The Morgan fingerprint density at radius 1 is 1.41 bits per heavy atom. The van der Waals surface area contributed by atoms with Crippen LogP contribution in [0, 0.1) is 0 Å². The van der Waals surface area contributed by atoms with Crippen LogP contribution in [0.5, 0.6) is 0 Å². The van der Waals surface area contributed by atoms with Gasteiger partial charge in [-0.2, -0.15) is 0 Å². The van der Waals surface area contributed by atoms with Crippen LogP contribution in [-0.2, 0) is 0 Å². The maximum atomic E-state index is 12.2. The van der Waals surface area contributed by atoms with Gasteiger partial charge in [-0.1, -0.05) is 0 Å². The van der Waals surface area contributed by atoms with E-state index in [9.17, 15) is 9.90 Å². The van der Waals surface area contributed by atoms with Crippen LogP contribution in [-0.4, -0.2) is 34.6 Å². The second-order valence-electron chi connectivity index (χ2n) is 4.87. The first-order valence-corrected chi connectivity index (χ1v) is 6.23. The van der Waals surface area contributed by atoms with E-state index in [1.54, 1.807) is 36.1 Å². The number of β-amino-alcohol motifs (C(OH)–C–C–N with tert-alkyl or cyclic N) is 1. The summed E-state index contributed by atoms with van der Waals surface area (Å²) in [5.41, 5.74) is -0.0993. The minimum atomic E-state index is -0.753. The van der Waals surface area contributed by atoms with Crippen molar-refractivity contribution in [1.29, 1.82) is 0 Å². The minimum Gasteiger partial charge on any atom is -0.388 e. The molecule has 4 heteroatoms. The molecule has 1 N–H and O–H groups in total. The van der Waals surface area contributed by atoms with Gasteiger partial charge in [-0.25, -0.2) is 0 Å². The van der Waals surface area contributed by atoms with E-state index in [2.05, 4.69) is 12.6 Å². The summed E-state index contributed by atoms with van der Waals surface area (Å²) in [6.45, 7) is 2.91. The molecular formula is C13H17NO2S. The molecule has 1 heterocycles. The Balaban J connectivity index is 2.12. The van der Waals surface area contributed by atoms with Crippen molar-refractivity contribution < 1.29 is 9.90 Å². The lowest BCUT2D eigenvalue weighted by Crippen LogP contribution is -2.48. The number of nitrogens with zero attached hydrogens (tertiary/aromatic N) is 1. The lowest BCUT2D eigenvalue weighted by molar-refractivity contribution is -0.0107. The Hall–Kier alpha value is -1.00. The number of amides is 1. The van der Waals surface area contributed by atoms with Crippen molar-refractivity contribution in [1.82, 2.24) is 4.90 Å². The van der Waals surface area contributed by atoms with Crippen LogP contribution in [0.3, 0.4) is 0 Å². The molecule has 1 amide bonds. The summed E-state index contributed by atoms with van der Waals surface area (Å²) in [6, 6.07) is 7.15. The van der Waals surface area contributed by atoms with Crippen molar-refractivity contribution in [2.24, 2.45) is 0 Å². The van der Waals surface area contributed by atoms with Gasteiger partial charge in [0.1, 0.15) is 0 Å². The van der Waals surface area contributed by atoms with Gasteiger partial charge < -0.3 is 10.0 Å². The lowest BCUT2D eigenvalue weighted by Gasteiger charge is -2.36. The van der Waals surface area contributed by atoms with Crippen molar-refractivity contribution in [2.45, 2.75) is 30.3 Å². The molecule has 1 saturated heterocycles. The van der Waals surface area contributed by atoms with Gasteiger partial charge in [0.15, 0.2) is 0 Å². The molecule has 0 bridgehead atoms. The molecule has 0 saturated carbocycles. The Bertz CT molecular complexity index is 414. The number of rotatable bonds is 1. The molecule has 92 valence electrons. The lowest BCUT2D eigenvalue weighted by atomic mass is 9.94.